The molecule has 0 amide bonds. The number of anilines is 1. The molecule has 110 valence electrons. The van der Waals surface area contributed by atoms with E-state index in [0.717, 1.165) is 25.5 Å². The van der Waals surface area contributed by atoms with Gasteiger partial charge >= 0.3 is 5.97 Å². The third kappa shape index (κ3) is 3.93. The van der Waals surface area contributed by atoms with Crippen LogP contribution in [0.15, 0.2) is 18.3 Å². The predicted molar refractivity (Wildman–Crippen MR) is 78.9 cm³/mol. The van der Waals surface area contributed by atoms with E-state index in [2.05, 4.69) is 22.5 Å². The molecular formula is C15H23N3O2. The van der Waals surface area contributed by atoms with Crippen molar-refractivity contribution >= 4 is 11.8 Å². The van der Waals surface area contributed by atoms with Crippen molar-refractivity contribution in [1.29, 1.82) is 0 Å². The number of pyridine rings is 1. The van der Waals surface area contributed by atoms with Crippen molar-refractivity contribution in [2.75, 3.05) is 31.6 Å². The molecule has 5 nitrogen and oxygen atoms in total. The number of carbonyl (C=O) groups is 1. The molecule has 0 saturated carbocycles. The number of carbonyl (C=O) groups excluding carboxylic acids is 1. The maximum Gasteiger partial charge on any atom is 0.339 e. The van der Waals surface area contributed by atoms with E-state index >= 15 is 0 Å². The summed E-state index contributed by atoms with van der Waals surface area (Å²) < 4.78 is 4.93. The first kappa shape index (κ1) is 14.8. The van der Waals surface area contributed by atoms with Crippen LogP contribution in [0.25, 0.3) is 0 Å². The van der Waals surface area contributed by atoms with E-state index < -0.39 is 0 Å². The number of esters is 1. The zero-order valence-electron chi connectivity index (χ0n) is 12.2. The molecule has 0 radical (unpaired) electrons. The number of rotatable bonds is 5. The molecule has 1 unspecified atom stereocenters. The Kier molecular flexibility index (Phi) is 4.95. The van der Waals surface area contributed by atoms with Crippen LogP contribution in [0.1, 0.15) is 37.0 Å². The molecule has 0 spiro atoms. The number of nitrogens with one attached hydrogen (secondary N) is 2. The third-order valence-electron chi connectivity index (χ3n) is 3.66. The van der Waals surface area contributed by atoms with Gasteiger partial charge in [0.2, 0.25) is 0 Å². The van der Waals surface area contributed by atoms with Gasteiger partial charge in [0.15, 0.2) is 0 Å². The van der Waals surface area contributed by atoms with Crippen molar-refractivity contribution in [2.45, 2.75) is 26.7 Å². The molecule has 20 heavy (non-hydrogen) atoms. The number of hydrogen-bond donors (Lipinski definition) is 2. The van der Waals surface area contributed by atoms with Gasteiger partial charge in [0, 0.05) is 19.3 Å². The Balaban J connectivity index is 1.89. The van der Waals surface area contributed by atoms with Crippen molar-refractivity contribution in [2.24, 2.45) is 5.41 Å². The van der Waals surface area contributed by atoms with Gasteiger partial charge in [0.1, 0.15) is 5.82 Å². The first-order valence-corrected chi connectivity index (χ1v) is 7.21. The van der Waals surface area contributed by atoms with Crippen LogP contribution in [-0.2, 0) is 4.74 Å². The largest absolute Gasteiger partial charge is 0.462 e. The summed E-state index contributed by atoms with van der Waals surface area (Å²) in [6.07, 6.45) is 3.99. The van der Waals surface area contributed by atoms with Crippen LogP contribution in [0.4, 0.5) is 5.82 Å². The van der Waals surface area contributed by atoms with Crippen LogP contribution in [0.2, 0.25) is 0 Å². The fraction of sp³-hybridized carbons (Fsp3) is 0.600. The minimum atomic E-state index is -0.324. The molecule has 2 N–H and O–H groups in total. The number of hydrogen-bond acceptors (Lipinski definition) is 5. The van der Waals surface area contributed by atoms with Crippen LogP contribution < -0.4 is 10.6 Å². The molecule has 1 saturated heterocycles. The quantitative estimate of drug-likeness (QED) is 0.807. The minimum absolute atomic E-state index is 0.264. The van der Waals surface area contributed by atoms with E-state index in [9.17, 15) is 4.79 Å². The van der Waals surface area contributed by atoms with Gasteiger partial charge in [-0.05, 0) is 43.9 Å². The molecular weight excluding hydrogens is 254 g/mol. The van der Waals surface area contributed by atoms with Crippen molar-refractivity contribution in [1.82, 2.24) is 10.3 Å². The van der Waals surface area contributed by atoms with Gasteiger partial charge in [-0.3, -0.25) is 0 Å². The lowest BCUT2D eigenvalue weighted by atomic mass is 9.83. The maximum atomic E-state index is 11.5. The lowest BCUT2D eigenvalue weighted by molar-refractivity contribution is 0.0526. The minimum Gasteiger partial charge on any atom is -0.462 e. The van der Waals surface area contributed by atoms with Gasteiger partial charge < -0.3 is 15.4 Å². The number of nitrogens with zero attached hydrogens (tertiary/aromatic N) is 1. The van der Waals surface area contributed by atoms with Gasteiger partial charge in [-0.1, -0.05) is 6.92 Å². The van der Waals surface area contributed by atoms with E-state index in [4.69, 9.17) is 4.74 Å². The molecule has 1 fully saturated rings. The molecule has 1 atom stereocenters. The highest BCUT2D eigenvalue weighted by molar-refractivity contribution is 5.89. The van der Waals surface area contributed by atoms with E-state index in [0.29, 0.717) is 12.2 Å². The Morgan fingerprint density at radius 2 is 2.40 bits per heavy atom. The van der Waals surface area contributed by atoms with Crippen molar-refractivity contribution < 1.29 is 9.53 Å². The summed E-state index contributed by atoms with van der Waals surface area (Å²) in [6, 6.07) is 3.57. The first-order valence-electron chi connectivity index (χ1n) is 7.21. The Hall–Kier alpha value is -1.62. The van der Waals surface area contributed by atoms with Crippen molar-refractivity contribution in [3.05, 3.63) is 23.9 Å². The summed E-state index contributed by atoms with van der Waals surface area (Å²) in [5.41, 5.74) is 0.752. The normalized spacial score (nSPS) is 22.3. The molecule has 1 aliphatic heterocycles. The van der Waals surface area contributed by atoms with Crippen LogP contribution in [-0.4, -0.2) is 37.2 Å². The molecule has 0 aromatic carbocycles. The summed E-state index contributed by atoms with van der Waals surface area (Å²) in [7, 11) is 0. The van der Waals surface area contributed by atoms with Gasteiger partial charge in [0.05, 0.1) is 12.2 Å². The van der Waals surface area contributed by atoms with Crippen molar-refractivity contribution in [3.63, 3.8) is 0 Å². The van der Waals surface area contributed by atoms with Gasteiger partial charge in [-0.15, -0.1) is 0 Å². The average Bonchev–Trinajstić information content (AvgIpc) is 2.47. The maximum absolute atomic E-state index is 11.5. The second-order valence-corrected chi connectivity index (χ2v) is 5.60. The molecule has 1 aromatic heterocycles. The van der Waals surface area contributed by atoms with Crippen LogP contribution in [0, 0.1) is 5.41 Å². The van der Waals surface area contributed by atoms with E-state index in [-0.39, 0.29) is 11.4 Å². The fourth-order valence-corrected chi connectivity index (χ4v) is 2.41. The standard InChI is InChI=1S/C15H23N3O2/c1-3-20-14(19)12-5-6-13(17-9-12)18-11-15(2)7-4-8-16-10-15/h5-6,9,16H,3-4,7-8,10-11H2,1-2H3,(H,17,18). The van der Waals surface area contributed by atoms with Gasteiger partial charge in [-0.25, -0.2) is 9.78 Å². The number of piperidine rings is 1. The summed E-state index contributed by atoms with van der Waals surface area (Å²) >= 11 is 0. The summed E-state index contributed by atoms with van der Waals surface area (Å²) in [5.74, 6) is 0.472. The second-order valence-electron chi connectivity index (χ2n) is 5.60. The SMILES string of the molecule is CCOC(=O)c1ccc(NCC2(C)CCCNC2)nc1. The zero-order chi connectivity index (χ0) is 14.4. The van der Waals surface area contributed by atoms with Crippen molar-refractivity contribution in [3.8, 4) is 0 Å². The monoisotopic (exact) mass is 277 g/mol. The van der Waals surface area contributed by atoms with Crippen LogP contribution in [0.5, 0.6) is 0 Å². The number of aromatic nitrogens is 1. The second kappa shape index (κ2) is 6.70. The summed E-state index contributed by atoms with van der Waals surface area (Å²) in [6.45, 7) is 7.47. The van der Waals surface area contributed by atoms with E-state index in [1.807, 2.05) is 6.07 Å². The molecule has 2 heterocycles. The molecule has 5 heteroatoms. The fourth-order valence-electron chi connectivity index (χ4n) is 2.41. The predicted octanol–water partition coefficient (Wildman–Crippen LogP) is 2.06. The highest BCUT2D eigenvalue weighted by atomic mass is 16.5. The Morgan fingerprint density at radius 1 is 1.55 bits per heavy atom. The molecule has 2 rings (SSSR count). The van der Waals surface area contributed by atoms with Crippen LogP contribution >= 0.6 is 0 Å². The Bertz CT molecular complexity index is 439. The lowest BCUT2D eigenvalue weighted by Gasteiger charge is -2.34. The number of ether oxygens (including phenoxy) is 1. The lowest BCUT2D eigenvalue weighted by Crippen LogP contribution is -2.42. The molecule has 0 aliphatic carbocycles. The smallest absolute Gasteiger partial charge is 0.339 e. The Morgan fingerprint density at radius 3 is 3.00 bits per heavy atom. The Labute approximate surface area is 120 Å². The highest BCUT2D eigenvalue weighted by Crippen LogP contribution is 2.25. The van der Waals surface area contributed by atoms with Gasteiger partial charge in [0.25, 0.3) is 0 Å². The van der Waals surface area contributed by atoms with Crippen LogP contribution in [0.3, 0.4) is 0 Å². The molecule has 1 aromatic rings. The molecule has 0 bridgehead atoms. The average molecular weight is 277 g/mol. The molecule has 1 aliphatic rings. The summed E-state index contributed by atoms with van der Waals surface area (Å²) in [5, 5.41) is 6.78. The zero-order valence-corrected chi connectivity index (χ0v) is 12.2. The van der Waals surface area contributed by atoms with E-state index in [1.54, 1.807) is 19.2 Å². The van der Waals surface area contributed by atoms with E-state index in [1.165, 1.54) is 12.8 Å². The van der Waals surface area contributed by atoms with Gasteiger partial charge in [-0.2, -0.15) is 0 Å². The topological polar surface area (TPSA) is 63.2 Å². The first-order chi connectivity index (χ1) is 9.63. The highest BCUT2D eigenvalue weighted by Gasteiger charge is 2.26. The summed E-state index contributed by atoms with van der Waals surface area (Å²) in [4.78, 5) is 15.8. The third-order valence-corrected chi connectivity index (χ3v) is 3.66.